The molecule has 0 bridgehead atoms. The quantitative estimate of drug-likeness (QED) is 0.492. The van der Waals surface area contributed by atoms with Gasteiger partial charge in [-0.3, -0.25) is 4.79 Å². The molecule has 0 heterocycles. The van der Waals surface area contributed by atoms with Crippen LogP contribution in [0.5, 0.6) is 0 Å². The van der Waals surface area contributed by atoms with Crippen molar-refractivity contribution >= 4 is 21.9 Å². The molecule has 0 unspecified atom stereocenters. The maximum Gasteiger partial charge on any atom is 0.322 e. The first-order valence-electron chi connectivity index (χ1n) is 2.64. The van der Waals surface area contributed by atoms with Crippen molar-refractivity contribution in [2.75, 3.05) is 6.61 Å². The van der Waals surface area contributed by atoms with Gasteiger partial charge in [-0.05, 0) is 20.8 Å². The van der Waals surface area contributed by atoms with Crippen LogP contribution in [0.15, 0.2) is 0 Å². The third kappa shape index (κ3) is 3.51. The summed E-state index contributed by atoms with van der Waals surface area (Å²) in [6, 6.07) is 0. The van der Waals surface area contributed by atoms with Crippen molar-refractivity contribution < 1.29 is 9.53 Å². The summed E-state index contributed by atoms with van der Waals surface area (Å²) in [5.74, 6) is -0.280. The van der Waals surface area contributed by atoms with Crippen LogP contribution >= 0.6 is 15.9 Å². The van der Waals surface area contributed by atoms with E-state index in [0.29, 0.717) is 0 Å². The van der Waals surface area contributed by atoms with Gasteiger partial charge in [0.15, 0.2) is 0 Å². The molecule has 0 aliphatic heterocycles. The van der Waals surface area contributed by atoms with Gasteiger partial charge in [-0.2, -0.15) is 0 Å². The molecule has 0 saturated heterocycles. The fourth-order valence-corrected chi connectivity index (χ4v) is 0.379. The van der Waals surface area contributed by atoms with Gasteiger partial charge in [0.2, 0.25) is 0 Å². The highest BCUT2D eigenvalue weighted by Gasteiger charge is 2.24. The Balaban J connectivity index is 3.74. The summed E-state index contributed by atoms with van der Waals surface area (Å²) < 4.78 is 4.03. The summed E-state index contributed by atoms with van der Waals surface area (Å²) >= 11 is 3.14. The molecule has 0 aliphatic rings. The number of hydrogen-bond acceptors (Lipinski definition) is 2. The van der Waals surface area contributed by atoms with E-state index in [9.17, 15) is 4.79 Å². The highest BCUT2D eigenvalue weighted by atomic mass is 79.9. The van der Waals surface area contributed by atoms with Crippen molar-refractivity contribution in [2.24, 2.45) is 0 Å². The van der Waals surface area contributed by atoms with E-state index in [1.807, 2.05) is 0 Å². The van der Waals surface area contributed by atoms with Crippen molar-refractivity contribution in [2.45, 2.75) is 18.2 Å². The van der Waals surface area contributed by atoms with Crippen LogP contribution in [0.3, 0.4) is 0 Å². The summed E-state index contributed by atoms with van der Waals surface area (Å²) in [5, 5.41) is 0. The number of hydrogen-bond donors (Lipinski definition) is 0. The Bertz CT molecular complexity index is 104. The van der Waals surface area contributed by atoms with Gasteiger partial charge in [0.25, 0.3) is 0 Å². The monoisotopic (exact) mass is 193 g/mol. The molecule has 0 aromatic rings. The Kier molecular flexibility index (Phi) is 3.18. The SMILES string of the molecule is [CH2]COC(=O)C(C)(C)Br. The van der Waals surface area contributed by atoms with E-state index in [-0.39, 0.29) is 12.6 Å². The number of carbonyl (C=O) groups is 1. The number of rotatable bonds is 2. The molecule has 1 radical (unpaired) electrons. The lowest BCUT2D eigenvalue weighted by molar-refractivity contribution is -0.144. The fourth-order valence-electron chi connectivity index (χ4n) is 0.264. The maximum absolute atomic E-state index is 10.8. The molecule has 9 heavy (non-hydrogen) atoms. The van der Waals surface area contributed by atoms with E-state index in [2.05, 4.69) is 27.6 Å². The minimum atomic E-state index is -0.579. The largest absolute Gasteiger partial charge is 0.465 e. The summed E-state index contributed by atoms with van der Waals surface area (Å²) in [6.45, 7) is 7.02. The maximum atomic E-state index is 10.8. The van der Waals surface area contributed by atoms with Gasteiger partial charge in [-0.1, -0.05) is 15.9 Å². The van der Waals surface area contributed by atoms with Crippen molar-refractivity contribution in [3.05, 3.63) is 6.92 Å². The lowest BCUT2D eigenvalue weighted by Gasteiger charge is -2.12. The molecule has 0 N–H and O–H groups in total. The zero-order valence-electron chi connectivity index (χ0n) is 5.61. The van der Waals surface area contributed by atoms with Crippen molar-refractivity contribution in [3.63, 3.8) is 0 Å². The van der Waals surface area contributed by atoms with E-state index in [1.54, 1.807) is 13.8 Å². The van der Waals surface area contributed by atoms with E-state index in [0.717, 1.165) is 0 Å². The van der Waals surface area contributed by atoms with Crippen LogP contribution in [0.25, 0.3) is 0 Å². The Hall–Kier alpha value is -0.0500. The molecule has 0 fully saturated rings. The standard InChI is InChI=1S/C6H10BrO2/c1-4-9-5(8)6(2,3)7/h1,4H2,2-3H3. The van der Waals surface area contributed by atoms with E-state index >= 15 is 0 Å². The molecule has 3 heteroatoms. The molecule has 53 valence electrons. The smallest absolute Gasteiger partial charge is 0.322 e. The molecule has 0 rings (SSSR count). The molecule has 2 nitrogen and oxygen atoms in total. The summed E-state index contributed by atoms with van der Waals surface area (Å²) in [7, 11) is 0. The first-order chi connectivity index (χ1) is 3.98. The van der Waals surface area contributed by atoms with Gasteiger partial charge >= 0.3 is 5.97 Å². The molecular formula is C6H10BrO2. The van der Waals surface area contributed by atoms with Gasteiger partial charge < -0.3 is 4.74 Å². The second kappa shape index (κ2) is 3.20. The van der Waals surface area contributed by atoms with Crippen LogP contribution in [0.1, 0.15) is 13.8 Å². The lowest BCUT2D eigenvalue weighted by atomic mass is 10.2. The van der Waals surface area contributed by atoms with Crippen LogP contribution in [0.4, 0.5) is 0 Å². The average Bonchev–Trinajstić information content (AvgIpc) is 1.64. The van der Waals surface area contributed by atoms with Crippen molar-refractivity contribution in [3.8, 4) is 0 Å². The summed E-state index contributed by atoms with van der Waals surface area (Å²) in [4.78, 5) is 10.8. The third-order valence-corrected chi connectivity index (χ3v) is 1.04. The zero-order chi connectivity index (χ0) is 7.49. The van der Waals surface area contributed by atoms with Crippen LogP contribution < -0.4 is 0 Å². The van der Waals surface area contributed by atoms with E-state index < -0.39 is 4.32 Å². The Labute approximate surface area is 63.7 Å². The predicted molar refractivity (Wildman–Crippen MR) is 39.3 cm³/mol. The predicted octanol–water partition coefficient (Wildman–Crippen LogP) is 1.54. The molecule has 0 amide bonds. The highest BCUT2D eigenvalue weighted by molar-refractivity contribution is 9.10. The van der Waals surface area contributed by atoms with E-state index in [4.69, 9.17) is 0 Å². The molecule has 0 aromatic heterocycles. The fraction of sp³-hybridized carbons (Fsp3) is 0.667. The second-order valence-electron chi connectivity index (χ2n) is 2.11. The minimum absolute atomic E-state index is 0.188. The van der Waals surface area contributed by atoms with Crippen LogP contribution in [-0.4, -0.2) is 16.9 Å². The van der Waals surface area contributed by atoms with E-state index in [1.165, 1.54) is 0 Å². The molecular weight excluding hydrogens is 184 g/mol. The third-order valence-electron chi connectivity index (χ3n) is 0.719. The molecule has 0 aromatic carbocycles. The number of alkyl halides is 1. The Morgan fingerprint density at radius 2 is 2.22 bits per heavy atom. The summed E-state index contributed by atoms with van der Waals surface area (Å²) in [6.07, 6.45) is 0. The number of ether oxygens (including phenoxy) is 1. The number of carbonyl (C=O) groups excluding carboxylic acids is 1. The van der Waals surface area contributed by atoms with Gasteiger partial charge in [-0.15, -0.1) is 0 Å². The van der Waals surface area contributed by atoms with Crippen LogP contribution in [0.2, 0.25) is 0 Å². The Morgan fingerprint density at radius 1 is 1.78 bits per heavy atom. The zero-order valence-corrected chi connectivity index (χ0v) is 7.19. The van der Waals surface area contributed by atoms with Crippen LogP contribution in [-0.2, 0) is 9.53 Å². The highest BCUT2D eigenvalue weighted by Crippen LogP contribution is 2.16. The van der Waals surface area contributed by atoms with Gasteiger partial charge in [-0.25, -0.2) is 0 Å². The molecule has 0 aliphatic carbocycles. The first-order valence-corrected chi connectivity index (χ1v) is 3.43. The van der Waals surface area contributed by atoms with Crippen molar-refractivity contribution in [1.29, 1.82) is 0 Å². The number of halogens is 1. The second-order valence-corrected chi connectivity index (χ2v) is 4.09. The molecule has 0 saturated carbocycles. The average molecular weight is 194 g/mol. The van der Waals surface area contributed by atoms with Crippen LogP contribution in [0, 0.1) is 6.92 Å². The lowest BCUT2D eigenvalue weighted by Crippen LogP contribution is -2.26. The topological polar surface area (TPSA) is 26.3 Å². The molecule has 0 spiro atoms. The summed E-state index contributed by atoms with van der Waals surface area (Å²) in [5.41, 5.74) is 0. The van der Waals surface area contributed by atoms with Gasteiger partial charge in [0.05, 0.1) is 6.61 Å². The minimum Gasteiger partial charge on any atom is -0.465 e. The first kappa shape index (κ1) is 8.95. The van der Waals surface area contributed by atoms with Crippen molar-refractivity contribution in [1.82, 2.24) is 0 Å². The Morgan fingerprint density at radius 3 is 2.33 bits per heavy atom. The van der Waals surface area contributed by atoms with Gasteiger partial charge in [0.1, 0.15) is 4.32 Å². The normalized spacial score (nSPS) is 11.1. The van der Waals surface area contributed by atoms with Gasteiger partial charge in [0, 0.05) is 0 Å². The molecule has 0 atom stereocenters. The number of esters is 1.